The SMILES string of the molecule is COC1(OC)N=C(N=C2N=C(N)c3ccccc32)c2ccccc21. The highest BCUT2D eigenvalue weighted by molar-refractivity contribution is 6.25. The number of nitrogens with zero attached hydrogens (tertiary/aromatic N) is 3. The van der Waals surface area contributed by atoms with E-state index in [0.717, 1.165) is 22.3 Å². The molecule has 0 radical (unpaired) electrons. The molecule has 0 unspecified atom stereocenters. The first kappa shape index (κ1) is 14.7. The first-order chi connectivity index (χ1) is 11.7. The highest BCUT2D eigenvalue weighted by atomic mass is 16.7. The van der Waals surface area contributed by atoms with Gasteiger partial charge in [-0.05, 0) is 0 Å². The molecule has 0 fully saturated rings. The third-order valence-electron chi connectivity index (χ3n) is 4.20. The largest absolute Gasteiger partial charge is 0.383 e. The predicted octanol–water partition coefficient (Wildman–Crippen LogP) is 2.02. The minimum Gasteiger partial charge on any atom is -0.383 e. The van der Waals surface area contributed by atoms with E-state index in [1.165, 1.54) is 0 Å². The maximum Gasteiger partial charge on any atom is 0.300 e. The summed E-state index contributed by atoms with van der Waals surface area (Å²) in [5.74, 6) is 0.335. The van der Waals surface area contributed by atoms with Crippen molar-refractivity contribution in [1.29, 1.82) is 0 Å². The van der Waals surface area contributed by atoms with Gasteiger partial charge in [0.25, 0.3) is 5.91 Å². The standard InChI is InChI=1S/C18H16N4O2/c1-23-18(24-2)14-10-6-5-9-13(14)17(22-18)21-16-12-8-4-3-7-11(12)15(19)20-16/h3-10H,1-2H3,(H2,19,20,21,22). The average Bonchev–Trinajstić information content (AvgIpc) is 3.12. The van der Waals surface area contributed by atoms with Crippen LogP contribution in [0.2, 0.25) is 0 Å². The van der Waals surface area contributed by atoms with Crippen LogP contribution in [0.3, 0.4) is 0 Å². The Labute approximate surface area is 139 Å². The third kappa shape index (κ3) is 2.01. The van der Waals surface area contributed by atoms with Crippen molar-refractivity contribution >= 4 is 17.5 Å². The normalized spacial score (nSPS) is 19.0. The van der Waals surface area contributed by atoms with Crippen LogP contribution >= 0.6 is 0 Å². The Hall–Kier alpha value is -2.83. The van der Waals surface area contributed by atoms with E-state index in [1.54, 1.807) is 14.2 Å². The number of aliphatic imine (C=N–C) groups is 3. The predicted molar refractivity (Wildman–Crippen MR) is 92.4 cm³/mol. The lowest BCUT2D eigenvalue weighted by Gasteiger charge is -2.23. The molecule has 2 aliphatic heterocycles. The lowest BCUT2D eigenvalue weighted by Crippen LogP contribution is -2.26. The molecule has 4 rings (SSSR count). The molecule has 0 saturated heterocycles. The van der Waals surface area contributed by atoms with Crippen LogP contribution < -0.4 is 5.73 Å². The summed E-state index contributed by atoms with van der Waals surface area (Å²) in [5, 5.41) is 0. The van der Waals surface area contributed by atoms with Crippen molar-refractivity contribution < 1.29 is 9.47 Å². The number of amidine groups is 3. The van der Waals surface area contributed by atoms with E-state index in [-0.39, 0.29) is 0 Å². The number of hydrogen-bond acceptors (Lipinski definition) is 5. The molecule has 0 atom stereocenters. The number of fused-ring (bicyclic) bond motifs is 2. The fourth-order valence-electron chi connectivity index (χ4n) is 3.01. The van der Waals surface area contributed by atoms with Gasteiger partial charge < -0.3 is 15.2 Å². The van der Waals surface area contributed by atoms with Crippen molar-refractivity contribution in [2.75, 3.05) is 14.2 Å². The van der Waals surface area contributed by atoms with Gasteiger partial charge in [-0.3, -0.25) is 0 Å². The fraction of sp³-hybridized carbons (Fsp3) is 0.167. The topological polar surface area (TPSA) is 81.6 Å². The van der Waals surface area contributed by atoms with E-state index >= 15 is 0 Å². The van der Waals surface area contributed by atoms with Gasteiger partial charge in [0.1, 0.15) is 5.84 Å². The molecule has 24 heavy (non-hydrogen) atoms. The van der Waals surface area contributed by atoms with E-state index in [0.29, 0.717) is 17.5 Å². The van der Waals surface area contributed by atoms with Crippen LogP contribution in [0.15, 0.2) is 63.5 Å². The molecule has 0 bridgehead atoms. The lowest BCUT2D eigenvalue weighted by atomic mass is 10.1. The molecule has 0 aliphatic carbocycles. The molecular formula is C18H16N4O2. The van der Waals surface area contributed by atoms with Crippen LogP contribution in [-0.2, 0) is 15.4 Å². The highest BCUT2D eigenvalue weighted by Crippen LogP contribution is 2.37. The Kier molecular flexibility index (Phi) is 3.30. The molecular weight excluding hydrogens is 304 g/mol. The maximum absolute atomic E-state index is 5.99. The molecule has 0 spiro atoms. The Bertz CT molecular complexity index is 911. The van der Waals surface area contributed by atoms with E-state index < -0.39 is 5.91 Å². The summed E-state index contributed by atoms with van der Waals surface area (Å²) in [4.78, 5) is 13.6. The first-order valence-electron chi connectivity index (χ1n) is 7.51. The van der Waals surface area contributed by atoms with Gasteiger partial charge in [0, 0.05) is 36.5 Å². The van der Waals surface area contributed by atoms with Crippen molar-refractivity contribution in [3.05, 3.63) is 70.8 Å². The minimum absolute atomic E-state index is 0.459. The van der Waals surface area contributed by atoms with Crippen molar-refractivity contribution in [2.45, 2.75) is 5.91 Å². The quantitative estimate of drug-likeness (QED) is 0.859. The molecule has 6 heteroatoms. The third-order valence-corrected chi connectivity index (χ3v) is 4.20. The minimum atomic E-state index is -1.18. The molecule has 0 saturated carbocycles. The van der Waals surface area contributed by atoms with Gasteiger partial charge in [-0.2, -0.15) is 0 Å². The number of hydrogen-bond donors (Lipinski definition) is 1. The number of methoxy groups -OCH3 is 2. The number of benzene rings is 2. The second kappa shape index (κ2) is 5.36. The zero-order chi connectivity index (χ0) is 16.7. The molecule has 120 valence electrons. The van der Waals surface area contributed by atoms with Crippen LogP contribution in [-0.4, -0.2) is 31.7 Å². The van der Waals surface area contributed by atoms with Gasteiger partial charge >= 0.3 is 0 Å². The van der Waals surface area contributed by atoms with Crippen LogP contribution in [0.25, 0.3) is 0 Å². The second-order valence-electron chi connectivity index (χ2n) is 5.45. The number of rotatable bonds is 2. The molecule has 2 aromatic carbocycles. The molecule has 2 heterocycles. The Morgan fingerprint density at radius 1 is 0.917 bits per heavy atom. The molecule has 2 N–H and O–H groups in total. The molecule has 2 aliphatic rings. The van der Waals surface area contributed by atoms with Gasteiger partial charge in [0.15, 0.2) is 11.7 Å². The number of ether oxygens (including phenoxy) is 2. The summed E-state index contributed by atoms with van der Waals surface area (Å²) in [6.45, 7) is 0. The zero-order valence-electron chi connectivity index (χ0n) is 13.4. The highest BCUT2D eigenvalue weighted by Gasteiger charge is 2.41. The summed E-state index contributed by atoms with van der Waals surface area (Å²) in [6.07, 6.45) is 0. The van der Waals surface area contributed by atoms with Crippen molar-refractivity contribution in [3.8, 4) is 0 Å². The van der Waals surface area contributed by atoms with Crippen LogP contribution in [0, 0.1) is 0 Å². The summed E-state index contributed by atoms with van der Waals surface area (Å²) in [5.41, 5.74) is 9.44. The van der Waals surface area contributed by atoms with Gasteiger partial charge in [-0.1, -0.05) is 48.5 Å². The maximum atomic E-state index is 5.99. The summed E-state index contributed by atoms with van der Waals surface area (Å²) >= 11 is 0. The van der Waals surface area contributed by atoms with E-state index in [2.05, 4.69) is 15.0 Å². The average molecular weight is 320 g/mol. The molecule has 6 nitrogen and oxygen atoms in total. The van der Waals surface area contributed by atoms with Crippen LogP contribution in [0.5, 0.6) is 0 Å². The van der Waals surface area contributed by atoms with E-state index in [4.69, 9.17) is 15.2 Å². The van der Waals surface area contributed by atoms with Crippen LogP contribution in [0.1, 0.15) is 22.3 Å². The zero-order valence-corrected chi connectivity index (χ0v) is 13.4. The van der Waals surface area contributed by atoms with Gasteiger partial charge in [-0.25, -0.2) is 15.0 Å². The second-order valence-corrected chi connectivity index (χ2v) is 5.45. The molecule has 0 aromatic heterocycles. The summed E-state index contributed by atoms with van der Waals surface area (Å²) in [6, 6.07) is 15.4. The van der Waals surface area contributed by atoms with Crippen molar-refractivity contribution in [3.63, 3.8) is 0 Å². The molecule has 0 amide bonds. The Morgan fingerprint density at radius 3 is 2.25 bits per heavy atom. The van der Waals surface area contributed by atoms with Gasteiger partial charge in [-0.15, -0.1) is 0 Å². The smallest absolute Gasteiger partial charge is 0.300 e. The first-order valence-corrected chi connectivity index (χ1v) is 7.51. The monoisotopic (exact) mass is 320 g/mol. The summed E-state index contributed by atoms with van der Waals surface area (Å²) in [7, 11) is 3.11. The van der Waals surface area contributed by atoms with Gasteiger partial charge in [0.2, 0.25) is 0 Å². The Morgan fingerprint density at radius 2 is 1.54 bits per heavy atom. The van der Waals surface area contributed by atoms with Crippen molar-refractivity contribution in [2.24, 2.45) is 20.7 Å². The van der Waals surface area contributed by atoms with Crippen LogP contribution in [0.4, 0.5) is 0 Å². The number of nitrogens with two attached hydrogens (primary N) is 1. The van der Waals surface area contributed by atoms with E-state index in [1.807, 2.05) is 48.5 Å². The van der Waals surface area contributed by atoms with Crippen molar-refractivity contribution in [1.82, 2.24) is 0 Å². The van der Waals surface area contributed by atoms with E-state index in [9.17, 15) is 0 Å². The summed E-state index contributed by atoms with van der Waals surface area (Å²) < 4.78 is 11.0. The lowest BCUT2D eigenvalue weighted by molar-refractivity contribution is -0.206. The fourth-order valence-corrected chi connectivity index (χ4v) is 3.01. The molecule has 2 aromatic rings. The Balaban J connectivity index is 1.87. The van der Waals surface area contributed by atoms with Gasteiger partial charge in [0.05, 0.1) is 0 Å².